The fourth-order valence-corrected chi connectivity index (χ4v) is 1.96. The highest BCUT2D eigenvalue weighted by atomic mass is 19.4. The Kier molecular flexibility index (Phi) is 6.45. The van der Waals surface area contributed by atoms with E-state index in [1.807, 2.05) is 0 Å². The van der Waals surface area contributed by atoms with Gasteiger partial charge in [-0.15, -0.1) is 0 Å². The number of hydrogen-bond donors (Lipinski definition) is 1. The van der Waals surface area contributed by atoms with Crippen LogP contribution in [0.5, 0.6) is 0 Å². The van der Waals surface area contributed by atoms with Gasteiger partial charge in [0.15, 0.2) is 0 Å². The summed E-state index contributed by atoms with van der Waals surface area (Å²) < 4.78 is 79.8. The SMILES string of the molecule is CC(C)(C)CC(C(=O)OCC(O)(C(F)(F)F)C(F)(F)F)C(C)(C)C. The van der Waals surface area contributed by atoms with Gasteiger partial charge in [0.05, 0.1) is 5.92 Å². The minimum atomic E-state index is -6.02. The molecule has 0 bridgehead atoms. The highest BCUT2D eigenvalue weighted by molar-refractivity contribution is 5.73. The number of aliphatic hydroxyl groups is 1. The Morgan fingerprint density at radius 3 is 1.54 bits per heavy atom. The van der Waals surface area contributed by atoms with Crippen LogP contribution >= 0.6 is 0 Å². The Labute approximate surface area is 137 Å². The van der Waals surface area contributed by atoms with Crippen LogP contribution in [0.2, 0.25) is 0 Å². The standard InChI is InChI=1S/C15H24F6O3/c1-11(2,3)7-9(12(4,5)6)10(22)24-8-13(23,14(16,17)18)15(19,20)21/h9,23H,7-8H2,1-6H3. The zero-order valence-corrected chi connectivity index (χ0v) is 14.5. The van der Waals surface area contributed by atoms with Gasteiger partial charge in [-0.25, -0.2) is 0 Å². The summed E-state index contributed by atoms with van der Waals surface area (Å²) >= 11 is 0. The first-order valence-electron chi connectivity index (χ1n) is 7.25. The topological polar surface area (TPSA) is 46.5 Å². The van der Waals surface area contributed by atoms with Crippen LogP contribution in [0.1, 0.15) is 48.0 Å². The predicted octanol–water partition coefficient (Wildman–Crippen LogP) is 4.48. The summed E-state index contributed by atoms with van der Waals surface area (Å²) in [6.07, 6.45) is -11.8. The molecule has 0 aromatic carbocycles. The molecule has 144 valence electrons. The lowest BCUT2D eigenvalue weighted by molar-refractivity contribution is -0.375. The first kappa shape index (κ1) is 23.0. The van der Waals surface area contributed by atoms with Gasteiger partial charge in [-0.05, 0) is 17.3 Å². The fraction of sp³-hybridized carbons (Fsp3) is 0.933. The zero-order chi connectivity index (χ0) is 19.8. The van der Waals surface area contributed by atoms with Crippen molar-refractivity contribution in [2.24, 2.45) is 16.7 Å². The van der Waals surface area contributed by atoms with E-state index in [9.17, 15) is 31.1 Å². The molecule has 0 fully saturated rings. The Bertz CT molecular complexity index is 426. The third-order valence-corrected chi connectivity index (χ3v) is 3.51. The molecule has 0 spiro atoms. The van der Waals surface area contributed by atoms with Crippen molar-refractivity contribution in [3.8, 4) is 0 Å². The maximum atomic E-state index is 12.6. The van der Waals surface area contributed by atoms with Crippen LogP contribution < -0.4 is 0 Å². The van der Waals surface area contributed by atoms with E-state index < -0.39 is 47.3 Å². The lowest BCUT2D eigenvalue weighted by atomic mass is 9.72. The minimum absolute atomic E-state index is 0.200. The zero-order valence-electron chi connectivity index (χ0n) is 14.5. The van der Waals surface area contributed by atoms with Gasteiger partial charge in [0.1, 0.15) is 6.61 Å². The van der Waals surface area contributed by atoms with Crippen molar-refractivity contribution >= 4 is 5.97 Å². The molecule has 0 aliphatic heterocycles. The van der Waals surface area contributed by atoms with E-state index in [4.69, 9.17) is 5.11 Å². The van der Waals surface area contributed by atoms with Gasteiger partial charge in [0.2, 0.25) is 0 Å². The Balaban J connectivity index is 5.39. The number of carbonyl (C=O) groups is 1. The van der Waals surface area contributed by atoms with Gasteiger partial charge in [-0.2, -0.15) is 26.3 Å². The highest BCUT2D eigenvalue weighted by Gasteiger charge is 2.71. The monoisotopic (exact) mass is 366 g/mol. The van der Waals surface area contributed by atoms with E-state index in [0.717, 1.165) is 0 Å². The summed E-state index contributed by atoms with van der Waals surface area (Å²) in [5.41, 5.74) is -6.24. The molecule has 1 N–H and O–H groups in total. The molecule has 0 rings (SSSR count). The van der Waals surface area contributed by atoms with Gasteiger partial charge in [-0.3, -0.25) is 4.79 Å². The van der Waals surface area contributed by atoms with Gasteiger partial charge < -0.3 is 9.84 Å². The molecule has 0 saturated heterocycles. The van der Waals surface area contributed by atoms with Crippen LogP contribution in [0.3, 0.4) is 0 Å². The number of esters is 1. The number of hydrogen-bond acceptors (Lipinski definition) is 3. The molecule has 24 heavy (non-hydrogen) atoms. The number of alkyl halides is 6. The van der Waals surface area contributed by atoms with Crippen molar-refractivity contribution in [2.45, 2.75) is 65.9 Å². The molecule has 0 aliphatic rings. The largest absolute Gasteiger partial charge is 0.462 e. The number of halogens is 6. The number of ether oxygens (including phenoxy) is 1. The third-order valence-electron chi connectivity index (χ3n) is 3.51. The molecule has 0 radical (unpaired) electrons. The van der Waals surface area contributed by atoms with Crippen LogP contribution in [-0.4, -0.2) is 35.6 Å². The van der Waals surface area contributed by atoms with E-state index in [0.29, 0.717) is 0 Å². The van der Waals surface area contributed by atoms with Crippen LogP contribution in [0.15, 0.2) is 0 Å². The van der Waals surface area contributed by atoms with Crippen molar-refractivity contribution in [2.75, 3.05) is 6.61 Å². The quantitative estimate of drug-likeness (QED) is 0.589. The molecule has 0 saturated carbocycles. The Hall–Kier alpha value is -0.990. The van der Waals surface area contributed by atoms with Gasteiger partial charge in [-0.1, -0.05) is 41.5 Å². The summed E-state index contributed by atoms with van der Waals surface area (Å²) in [6, 6.07) is 0. The van der Waals surface area contributed by atoms with Gasteiger partial charge in [0.25, 0.3) is 5.60 Å². The first-order valence-corrected chi connectivity index (χ1v) is 7.25. The number of carbonyl (C=O) groups excluding carboxylic acids is 1. The summed E-state index contributed by atoms with van der Waals surface area (Å²) in [5, 5.41) is 9.02. The molecular weight excluding hydrogens is 342 g/mol. The van der Waals surface area contributed by atoms with E-state index in [2.05, 4.69) is 4.74 Å². The second-order valence-corrected chi connectivity index (χ2v) is 8.15. The van der Waals surface area contributed by atoms with Crippen molar-refractivity contribution < 1.29 is 41.0 Å². The average molecular weight is 366 g/mol. The van der Waals surface area contributed by atoms with E-state index >= 15 is 0 Å². The van der Waals surface area contributed by atoms with Crippen LogP contribution in [-0.2, 0) is 9.53 Å². The molecule has 9 heteroatoms. The molecular formula is C15H24F6O3. The van der Waals surface area contributed by atoms with Crippen molar-refractivity contribution in [1.82, 2.24) is 0 Å². The van der Waals surface area contributed by atoms with Crippen molar-refractivity contribution in [3.63, 3.8) is 0 Å². The maximum Gasteiger partial charge on any atom is 0.429 e. The second kappa shape index (κ2) is 6.72. The highest BCUT2D eigenvalue weighted by Crippen LogP contribution is 2.44. The smallest absolute Gasteiger partial charge is 0.429 e. The van der Waals surface area contributed by atoms with E-state index in [1.54, 1.807) is 41.5 Å². The van der Waals surface area contributed by atoms with Gasteiger partial charge in [0, 0.05) is 0 Å². The summed E-state index contributed by atoms with van der Waals surface area (Å²) in [6.45, 7) is 8.00. The molecule has 1 unspecified atom stereocenters. The van der Waals surface area contributed by atoms with Crippen LogP contribution in [0.25, 0.3) is 0 Å². The Morgan fingerprint density at radius 2 is 1.29 bits per heavy atom. The second-order valence-electron chi connectivity index (χ2n) is 8.15. The number of rotatable bonds is 4. The maximum absolute atomic E-state index is 12.6. The fourth-order valence-electron chi connectivity index (χ4n) is 1.96. The normalized spacial score (nSPS) is 16.0. The molecule has 0 aromatic rings. The predicted molar refractivity (Wildman–Crippen MR) is 75.0 cm³/mol. The van der Waals surface area contributed by atoms with Crippen molar-refractivity contribution in [1.29, 1.82) is 0 Å². The van der Waals surface area contributed by atoms with Crippen LogP contribution in [0, 0.1) is 16.7 Å². The summed E-state index contributed by atoms with van der Waals surface area (Å²) in [4.78, 5) is 12.1. The lowest BCUT2D eigenvalue weighted by Crippen LogP contribution is -2.60. The average Bonchev–Trinajstić information content (AvgIpc) is 2.27. The molecule has 1 atom stereocenters. The summed E-state index contributed by atoms with van der Waals surface area (Å²) in [5.74, 6) is -2.13. The van der Waals surface area contributed by atoms with Gasteiger partial charge >= 0.3 is 18.3 Å². The van der Waals surface area contributed by atoms with Crippen LogP contribution in [0.4, 0.5) is 26.3 Å². The molecule has 0 heterocycles. The third kappa shape index (κ3) is 5.82. The molecule has 3 nitrogen and oxygen atoms in total. The minimum Gasteiger partial charge on any atom is -0.462 e. The van der Waals surface area contributed by atoms with E-state index in [-0.39, 0.29) is 6.42 Å². The summed E-state index contributed by atoms with van der Waals surface area (Å²) in [7, 11) is 0. The van der Waals surface area contributed by atoms with Crippen molar-refractivity contribution in [3.05, 3.63) is 0 Å². The molecule has 0 aliphatic carbocycles. The molecule has 0 aromatic heterocycles. The first-order chi connectivity index (χ1) is 10.2. The molecule has 0 amide bonds. The lowest BCUT2D eigenvalue weighted by Gasteiger charge is -2.36. The Morgan fingerprint density at radius 1 is 0.917 bits per heavy atom. The van der Waals surface area contributed by atoms with E-state index in [1.165, 1.54) is 0 Å².